The summed E-state index contributed by atoms with van der Waals surface area (Å²) in [6, 6.07) is 19.2. The van der Waals surface area contributed by atoms with Gasteiger partial charge in [-0.3, -0.25) is 9.58 Å². The first kappa shape index (κ1) is 23.5. The summed E-state index contributed by atoms with van der Waals surface area (Å²) in [7, 11) is 0. The van der Waals surface area contributed by atoms with Gasteiger partial charge in [0.25, 0.3) is 0 Å². The van der Waals surface area contributed by atoms with Crippen molar-refractivity contribution in [2.24, 2.45) is 0 Å². The van der Waals surface area contributed by atoms with E-state index in [0.29, 0.717) is 6.04 Å². The van der Waals surface area contributed by atoms with Crippen molar-refractivity contribution in [3.05, 3.63) is 77.1 Å². The first-order chi connectivity index (χ1) is 15.3. The van der Waals surface area contributed by atoms with Gasteiger partial charge in [0.15, 0.2) is 0 Å². The van der Waals surface area contributed by atoms with E-state index in [4.69, 9.17) is 36.5 Å². The molecule has 2 N–H and O–H groups in total. The van der Waals surface area contributed by atoms with E-state index in [9.17, 15) is 0 Å². The number of halogens is 1. The Morgan fingerprint density at radius 1 is 1.03 bits per heavy atom. The molecule has 0 aliphatic carbocycles. The number of carboxylic acids is 2. The molecule has 2 heterocycles. The highest BCUT2D eigenvalue weighted by molar-refractivity contribution is 6.30. The van der Waals surface area contributed by atoms with Crippen molar-refractivity contribution < 1.29 is 19.8 Å². The van der Waals surface area contributed by atoms with E-state index in [1.54, 1.807) is 0 Å². The van der Waals surface area contributed by atoms with Crippen molar-refractivity contribution in [3.63, 3.8) is 0 Å². The van der Waals surface area contributed by atoms with Crippen LogP contribution in [0.2, 0.25) is 5.02 Å². The lowest BCUT2D eigenvalue weighted by molar-refractivity contribution is -0.159. The van der Waals surface area contributed by atoms with Crippen molar-refractivity contribution in [1.29, 1.82) is 0 Å². The van der Waals surface area contributed by atoms with Crippen LogP contribution < -0.4 is 0 Å². The van der Waals surface area contributed by atoms with Gasteiger partial charge in [0, 0.05) is 36.4 Å². The van der Waals surface area contributed by atoms with Crippen molar-refractivity contribution >= 4 is 23.5 Å². The Kier molecular flexibility index (Phi) is 8.03. The van der Waals surface area contributed by atoms with E-state index >= 15 is 0 Å². The Bertz CT molecular complexity index is 1050. The third kappa shape index (κ3) is 6.42. The summed E-state index contributed by atoms with van der Waals surface area (Å²) >= 11 is 6.10. The maximum atomic E-state index is 9.10. The Morgan fingerprint density at radius 3 is 2.28 bits per heavy atom. The van der Waals surface area contributed by atoms with Gasteiger partial charge in [0.1, 0.15) is 0 Å². The molecule has 0 radical (unpaired) electrons. The Labute approximate surface area is 191 Å². The standard InChI is InChI=1S/C22H24ClN3.C2H2O4/c1-17-22(19-7-3-2-4-8-19)16-26(24-17)21-10-12-25(13-11-21)15-18-6-5-9-20(23)14-18;3-1(4)2(5)6/h2-9,14,16,21H,10-13,15H2,1H3;(H,3,4)(H,5,6). The van der Waals surface area contributed by atoms with Gasteiger partial charge in [-0.1, -0.05) is 54.1 Å². The van der Waals surface area contributed by atoms with Crippen LogP contribution in [0.25, 0.3) is 11.1 Å². The molecule has 7 nitrogen and oxygen atoms in total. The number of rotatable bonds is 4. The van der Waals surface area contributed by atoms with E-state index in [0.717, 1.165) is 43.2 Å². The SMILES string of the molecule is Cc1nn(C2CCN(Cc3cccc(Cl)c3)CC2)cc1-c1ccccc1.O=C(O)C(=O)O. The summed E-state index contributed by atoms with van der Waals surface area (Å²) in [6.45, 7) is 5.27. The van der Waals surface area contributed by atoms with Crippen LogP contribution >= 0.6 is 11.6 Å². The molecule has 0 atom stereocenters. The molecule has 32 heavy (non-hydrogen) atoms. The number of carbonyl (C=O) groups is 2. The molecule has 1 aliphatic rings. The van der Waals surface area contributed by atoms with Crippen molar-refractivity contribution in [2.75, 3.05) is 13.1 Å². The molecule has 0 spiro atoms. The van der Waals surface area contributed by atoms with Crippen molar-refractivity contribution in [1.82, 2.24) is 14.7 Å². The highest BCUT2D eigenvalue weighted by Gasteiger charge is 2.22. The normalized spacial score (nSPS) is 14.4. The van der Waals surface area contributed by atoms with Crippen LogP contribution in [0.4, 0.5) is 0 Å². The predicted molar refractivity (Wildman–Crippen MR) is 123 cm³/mol. The second-order valence-corrected chi connectivity index (χ2v) is 8.16. The maximum Gasteiger partial charge on any atom is 0.414 e. The fraction of sp³-hybridized carbons (Fsp3) is 0.292. The molecule has 1 aliphatic heterocycles. The number of carboxylic acid groups (broad SMARTS) is 2. The lowest BCUT2D eigenvalue weighted by Crippen LogP contribution is -2.34. The smallest absolute Gasteiger partial charge is 0.414 e. The number of piperidine rings is 1. The number of nitrogens with zero attached hydrogens (tertiary/aromatic N) is 3. The van der Waals surface area contributed by atoms with Gasteiger partial charge >= 0.3 is 11.9 Å². The highest BCUT2D eigenvalue weighted by Crippen LogP contribution is 2.28. The highest BCUT2D eigenvalue weighted by atomic mass is 35.5. The predicted octanol–water partition coefficient (Wildman–Crippen LogP) is 4.50. The van der Waals surface area contributed by atoms with Crippen LogP contribution in [-0.4, -0.2) is 49.9 Å². The molecular formula is C24H26ClN3O4. The van der Waals surface area contributed by atoms with Gasteiger partial charge in [-0.2, -0.15) is 5.10 Å². The van der Waals surface area contributed by atoms with E-state index in [2.05, 4.69) is 65.2 Å². The molecule has 0 unspecified atom stereocenters. The molecular weight excluding hydrogens is 430 g/mol. The molecule has 3 aromatic rings. The second-order valence-electron chi connectivity index (χ2n) is 7.72. The molecule has 1 fully saturated rings. The summed E-state index contributed by atoms with van der Waals surface area (Å²) < 4.78 is 2.19. The Balaban J connectivity index is 0.000000427. The number of aliphatic carboxylic acids is 2. The minimum Gasteiger partial charge on any atom is -0.473 e. The average molecular weight is 456 g/mol. The average Bonchev–Trinajstić information content (AvgIpc) is 3.17. The number of hydrogen-bond donors (Lipinski definition) is 2. The summed E-state index contributed by atoms with van der Waals surface area (Å²) in [5, 5.41) is 20.4. The van der Waals surface area contributed by atoms with Gasteiger partial charge in [0.05, 0.1) is 11.7 Å². The fourth-order valence-corrected chi connectivity index (χ4v) is 4.02. The van der Waals surface area contributed by atoms with Gasteiger partial charge in [-0.25, -0.2) is 9.59 Å². The number of aromatic nitrogens is 2. The summed E-state index contributed by atoms with van der Waals surface area (Å²) in [4.78, 5) is 20.7. The molecule has 1 saturated heterocycles. The Morgan fingerprint density at radius 2 is 1.69 bits per heavy atom. The van der Waals surface area contributed by atoms with Crippen LogP contribution in [-0.2, 0) is 16.1 Å². The zero-order valence-electron chi connectivity index (χ0n) is 17.8. The van der Waals surface area contributed by atoms with E-state index in [1.807, 2.05) is 12.1 Å². The number of likely N-dealkylation sites (tertiary alicyclic amines) is 1. The monoisotopic (exact) mass is 455 g/mol. The zero-order chi connectivity index (χ0) is 23.1. The molecule has 0 saturated carbocycles. The summed E-state index contributed by atoms with van der Waals surface area (Å²) in [6.07, 6.45) is 4.49. The number of hydrogen-bond acceptors (Lipinski definition) is 4. The van der Waals surface area contributed by atoms with E-state index in [1.165, 1.54) is 16.7 Å². The number of aryl methyl sites for hydroxylation is 1. The molecule has 0 amide bonds. The van der Waals surface area contributed by atoms with Crippen molar-refractivity contribution in [2.45, 2.75) is 32.4 Å². The van der Waals surface area contributed by atoms with Crippen LogP contribution in [0.5, 0.6) is 0 Å². The summed E-state index contributed by atoms with van der Waals surface area (Å²) in [5.74, 6) is -3.65. The third-order valence-corrected chi connectivity index (χ3v) is 5.65. The van der Waals surface area contributed by atoms with E-state index < -0.39 is 11.9 Å². The summed E-state index contributed by atoms with van der Waals surface area (Å²) in [5.41, 5.74) is 4.89. The van der Waals surface area contributed by atoms with Crippen LogP contribution in [0, 0.1) is 6.92 Å². The number of benzene rings is 2. The van der Waals surface area contributed by atoms with Gasteiger partial charge in [0.2, 0.25) is 0 Å². The minimum absolute atomic E-state index is 0.488. The lowest BCUT2D eigenvalue weighted by atomic mass is 10.0. The van der Waals surface area contributed by atoms with Gasteiger partial charge in [-0.15, -0.1) is 0 Å². The third-order valence-electron chi connectivity index (χ3n) is 5.41. The maximum absolute atomic E-state index is 9.10. The lowest BCUT2D eigenvalue weighted by Gasteiger charge is -2.32. The molecule has 8 heteroatoms. The fourth-order valence-electron chi connectivity index (χ4n) is 3.81. The first-order valence-electron chi connectivity index (χ1n) is 10.4. The van der Waals surface area contributed by atoms with Gasteiger partial charge in [-0.05, 0) is 43.0 Å². The molecule has 1 aromatic heterocycles. The second kappa shape index (κ2) is 10.9. The Hall–Kier alpha value is -3.16. The quantitative estimate of drug-likeness (QED) is 0.562. The van der Waals surface area contributed by atoms with Crippen molar-refractivity contribution in [3.8, 4) is 11.1 Å². The topological polar surface area (TPSA) is 95.7 Å². The largest absolute Gasteiger partial charge is 0.473 e. The zero-order valence-corrected chi connectivity index (χ0v) is 18.6. The molecule has 168 valence electrons. The minimum atomic E-state index is -1.82. The first-order valence-corrected chi connectivity index (χ1v) is 10.8. The van der Waals surface area contributed by atoms with Crippen LogP contribution in [0.1, 0.15) is 30.1 Å². The molecule has 4 rings (SSSR count). The van der Waals surface area contributed by atoms with Crippen LogP contribution in [0.3, 0.4) is 0 Å². The molecule has 2 aromatic carbocycles. The van der Waals surface area contributed by atoms with E-state index in [-0.39, 0.29) is 0 Å². The van der Waals surface area contributed by atoms with Crippen LogP contribution in [0.15, 0.2) is 60.8 Å². The molecule has 0 bridgehead atoms. The van der Waals surface area contributed by atoms with Gasteiger partial charge < -0.3 is 10.2 Å².